The van der Waals surface area contributed by atoms with Gasteiger partial charge < -0.3 is 20.1 Å². The molecule has 0 atom stereocenters. The maximum absolute atomic E-state index is 5.97. The highest BCUT2D eigenvalue weighted by atomic mass is 32.1. The van der Waals surface area contributed by atoms with E-state index in [1.54, 1.807) is 25.5 Å². The molecular weight excluding hydrogens is 408 g/mol. The van der Waals surface area contributed by atoms with Gasteiger partial charge in [0.15, 0.2) is 5.96 Å². The normalized spacial score (nSPS) is 11.4. The van der Waals surface area contributed by atoms with Crippen LogP contribution in [0.4, 0.5) is 0 Å². The lowest BCUT2D eigenvalue weighted by Gasteiger charge is -2.15. The van der Waals surface area contributed by atoms with Gasteiger partial charge in [0.1, 0.15) is 10.8 Å². The first-order chi connectivity index (χ1) is 15.2. The predicted molar refractivity (Wildman–Crippen MR) is 128 cm³/mol. The Bertz CT molecular complexity index is 973. The van der Waals surface area contributed by atoms with Crippen LogP contribution in [0.15, 0.2) is 58.9 Å². The summed E-state index contributed by atoms with van der Waals surface area (Å²) in [6.45, 7) is 4.62. The molecule has 164 valence electrons. The molecule has 31 heavy (non-hydrogen) atoms. The Kier molecular flexibility index (Phi) is 8.87. The van der Waals surface area contributed by atoms with E-state index in [4.69, 9.17) is 14.5 Å². The molecule has 0 amide bonds. The van der Waals surface area contributed by atoms with Crippen molar-refractivity contribution in [3.05, 3.63) is 70.0 Å². The van der Waals surface area contributed by atoms with Crippen LogP contribution in [0.2, 0.25) is 0 Å². The average Bonchev–Trinajstić information content (AvgIpc) is 3.27. The molecule has 0 unspecified atom stereocenters. The zero-order valence-electron chi connectivity index (χ0n) is 18.4. The van der Waals surface area contributed by atoms with Crippen molar-refractivity contribution < 1.29 is 9.47 Å². The lowest BCUT2D eigenvalue weighted by molar-refractivity contribution is 0.171. The third kappa shape index (κ3) is 7.08. The molecule has 0 saturated heterocycles. The molecule has 0 fully saturated rings. The fourth-order valence-corrected chi connectivity index (χ4v) is 3.76. The molecule has 3 aromatic rings. The Hall–Kier alpha value is -2.90. The number of hydrogen-bond donors (Lipinski definition) is 2. The highest BCUT2D eigenvalue weighted by molar-refractivity contribution is 7.09. The zero-order chi connectivity index (χ0) is 21.9. The van der Waals surface area contributed by atoms with Gasteiger partial charge in [0.2, 0.25) is 0 Å². The fraction of sp³-hybridized carbons (Fsp3) is 0.333. The Morgan fingerprint density at radius 2 is 1.87 bits per heavy atom. The minimum absolute atomic E-state index is 0.617. The minimum Gasteiger partial charge on any atom is -0.493 e. The van der Waals surface area contributed by atoms with Crippen LogP contribution in [0.1, 0.15) is 22.6 Å². The first-order valence-corrected chi connectivity index (χ1v) is 11.2. The molecule has 1 aromatic heterocycles. The van der Waals surface area contributed by atoms with Crippen LogP contribution in [0.3, 0.4) is 0 Å². The Labute approximate surface area is 188 Å². The number of aromatic nitrogens is 1. The largest absolute Gasteiger partial charge is 0.493 e. The second-order valence-electron chi connectivity index (χ2n) is 7.08. The van der Waals surface area contributed by atoms with Gasteiger partial charge in [-0.05, 0) is 18.6 Å². The number of hydrogen-bond acceptors (Lipinski definition) is 5. The SMILES string of the molecule is CN=C(NCc1nc(-c2ccccc2)cs1)NCc1ccc(C)cc1OCCCOC. The number of nitrogens with one attached hydrogen (secondary N) is 2. The van der Waals surface area contributed by atoms with E-state index in [1.807, 2.05) is 18.2 Å². The van der Waals surface area contributed by atoms with Crippen molar-refractivity contribution in [2.75, 3.05) is 27.4 Å². The number of methoxy groups -OCH3 is 1. The van der Waals surface area contributed by atoms with E-state index in [0.717, 1.165) is 40.0 Å². The van der Waals surface area contributed by atoms with Crippen molar-refractivity contribution in [2.45, 2.75) is 26.4 Å². The third-order valence-electron chi connectivity index (χ3n) is 4.67. The number of nitrogens with zero attached hydrogens (tertiary/aromatic N) is 2. The summed E-state index contributed by atoms with van der Waals surface area (Å²) >= 11 is 1.64. The Morgan fingerprint density at radius 3 is 2.65 bits per heavy atom. The maximum atomic E-state index is 5.97. The van der Waals surface area contributed by atoms with E-state index < -0.39 is 0 Å². The van der Waals surface area contributed by atoms with Crippen LogP contribution in [0.5, 0.6) is 5.75 Å². The number of guanidine groups is 1. The van der Waals surface area contributed by atoms with Gasteiger partial charge in [0, 0.05) is 50.2 Å². The van der Waals surface area contributed by atoms with Crippen molar-refractivity contribution in [3.8, 4) is 17.0 Å². The molecule has 0 radical (unpaired) electrons. The molecule has 1 heterocycles. The van der Waals surface area contributed by atoms with Gasteiger partial charge in [-0.15, -0.1) is 11.3 Å². The second kappa shape index (κ2) is 12.1. The highest BCUT2D eigenvalue weighted by Gasteiger charge is 2.08. The number of ether oxygens (including phenoxy) is 2. The molecule has 0 aliphatic carbocycles. The second-order valence-corrected chi connectivity index (χ2v) is 8.02. The van der Waals surface area contributed by atoms with Gasteiger partial charge in [-0.2, -0.15) is 0 Å². The molecule has 6 nitrogen and oxygen atoms in total. The van der Waals surface area contributed by atoms with Crippen molar-refractivity contribution in [2.24, 2.45) is 4.99 Å². The fourth-order valence-electron chi connectivity index (χ4n) is 3.02. The molecule has 3 rings (SSSR count). The van der Waals surface area contributed by atoms with Gasteiger partial charge in [-0.3, -0.25) is 4.99 Å². The van der Waals surface area contributed by atoms with E-state index in [1.165, 1.54) is 5.56 Å². The van der Waals surface area contributed by atoms with Crippen LogP contribution in [-0.4, -0.2) is 38.3 Å². The molecule has 2 aromatic carbocycles. The van der Waals surface area contributed by atoms with Crippen molar-refractivity contribution in [1.29, 1.82) is 0 Å². The predicted octanol–water partition coefficient (Wildman–Crippen LogP) is 4.40. The highest BCUT2D eigenvalue weighted by Crippen LogP contribution is 2.22. The number of rotatable bonds is 10. The summed E-state index contributed by atoms with van der Waals surface area (Å²) in [5, 5.41) is 9.81. The quantitative estimate of drug-likeness (QED) is 0.279. The molecule has 0 spiro atoms. The molecule has 0 aliphatic rings. The number of aryl methyl sites for hydroxylation is 1. The van der Waals surface area contributed by atoms with E-state index in [9.17, 15) is 0 Å². The monoisotopic (exact) mass is 438 g/mol. The summed E-state index contributed by atoms with van der Waals surface area (Å²) in [5.74, 6) is 1.62. The summed E-state index contributed by atoms with van der Waals surface area (Å²) in [6, 6.07) is 16.5. The summed E-state index contributed by atoms with van der Waals surface area (Å²) in [7, 11) is 3.47. The topological polar surface area (TPSA) is 67.8 Å². The maximum Gasteiger partial charge on any atom is 0.191 e. The molecule has 0 aliphatic heterocycles. The van der Waals surface area contributed by atoms with Crippen LogP contribution < -0.4 is 15.4 Å². The first-order valence-electron chi connectivity index (χ1n) is 10.3. The first kappa shape index (κ1) is 22.8. The molecule has 0 bridgehead atoms. The van der Waals surface area contributed by atoms with Gasteiger partial charge >= 0.3 is 0 Å². The number of aliphatic imine (C=N–C) groups is 1. The van der Waals surface area contributed by atoms with E-state index in [0.29, 0.717) is 26.3 Å². The van der Waals surface area contributed by atoms with E-state index in [-0.39, 0.29) is 0 Å². The van der Waals surface area contributed by atoms with Crippen LogP contribution in [0.25, 0.3) is 11.3 Å². The summed E-state index contributed by atoms with van der Waals surface area (Å²) in [5.41, 5.74) is 4.39. The molecule has 2 N–H and O–H groups in total. The van der Waals surface area contributed by atoms with Crippen molar-refractivity contribution in [3.63, 3.8) is 0 Å². The van der Waals surface area contributed by atoms with Gasteiger partial charge in [0.05, 0.1) is 18.8 Å². The number of benzene rings is 2. The summed E-state index contributed by atoms with van der Waals surface area (Å²) < 4.78 is 11.1. The smallest absolute Gasteiger partial charge is 0.191 e. The summed E-state index contributed by atoms with van der Waals surface area (Å²) in [4.78, 5) is 9.05. The Morgan fingerprint density at radius 1 is 1.06 bits per heavy atom. The standard InChI is InChI=1S/C24H30N4O2S/c1-18-10-11-20(22(14-18)30-13-7-12-29-3)15-26-24(25-2)27-16-23-28-21(17-31-23)19-8-5-4-6-9-19/h4-6,8-11,14,17H,7,12-13,15-16H2,1-3H3,(H2,25,26,27). The molecule has 0 saturated carbocycles. The van der Waals surface area contributed by atoms with Gasteiger partial charge in [-0.25, -0.2) is 4.98 Å². The lowest BCUT2D eigenvalue weighted by atomic mass is 10.1. The van der Waals surface area contributed by atoms with Crippen LogP contribution >= 0.6 is 11.3 Å². The molecule has 7 heteroatoms. The van der Waals surface area contributed by atoms with Crippen LogP contribution in [0, 0.1) is 6.92 Å². The van der Waals surface area contributed by atoms with Gasteiger partial charge in [0.25, 0.3) is 0 Å². The van der Waals surface area contributed by atoms with E-state index in [2.05, 4.69) is 58.3 Å². The van der Waals surface area contributed by atoms with Gasteiger partial charge in [-0.1, -0.05) is 42.5 Å². The van der Waals surface area contributed by atoms with Crippen LogP contribution in [-0.2, 0) is 17.8 Å². The number of thiazole rings is 1. The lowest BCUT2D eigenvalue weighted by Crippen LogP contribution is -2.36. The third-order valence-corrected chi connectivity index (χ3v) is 5.52. The Balaban J connectivity index is 1.53. The molecular formula is C24H30N4O2S. The minimum atomic E-state index is 0.617. The average molecular weight is 439 g/mol. The zero-order valence-corrected chi connectivity index (χ0v) is 19.2. The van der Waals surface area contributed by atoms with Crippen molar-refractivity contribution >= 4 is 17.3 Å². The summed E-state index contributed by atoms with van der Waals surface area (Å²) in [6.07, 6.45) is 0.860. The van der Waals surface area contributed by atoms with E-state index >= 15 is 0 Å². The van der Waals surface area contributed by atoms with Crippen molar-refractivity contribution in [1.82, 2.24) is 15.6 Å².